The van der Waals surface area contributed by atoms with E-state index in [0.717, 1.165) is 61.4 Å². The first kappa shape index (κ1) is 32.2. The van der Waals surface area contributed by atoms with E-state index >= 15 is 0 Å². The summed E-state index contributed by atoms with van der Waals surface area (Å²) in [6, 6.07) is 9.45. The number of aromatic carboxylic acids is 2. The van der Waals surface area contributed by atoms with Crippen LogP contribution in [-0.4, -0.2) is 41.1 Å². The van der Waals surface area contributed by atoms with Crippen LogP contribution in [0.4, 0.5) is 0 Å². The third-order valence-corrected chi connectivity index (χ3v) is 12.8. The number of ether oxygens (including phenoxy) is 1. The zero-order valence-corrected chi connectivity index (χ0v) is 25.4. The molecule has 0 atom stereocenters. The highest BCUT2D eigenvalue weighted by Crippen LogP contribution is 2.36. The molecule has 1 aromatic carbocycles. The summed E-state index contributed by atoms with van der Waals surface area (Å²) in [4.78, 5) is 27.2. The van der Waals surface area contributed by atoms with Gasteiger partial charge in [-0.05, 0) is 85.6 Å². The third kappa shape index (κ3) is 8.50. The molecule has 0 fully saturated rings. The van der Waals surface area contributed by atoms with Crippen LogP contribution in [0.1, 0.15) is 105 Å². The van der Waals surface area contributed by atoms with Crippen LogP contribution in [0.5, 0.6) is 5.75 Å². The molecule has 2 aromatic rings. The number of hydrogen-bond acceptors (Lipinski definition) is 5. The molecule has 0 bridgehead atoms. The van der Waals surface area contributed by atoms with Gasteiger partial charge < -0.3 is 19.4 Å². The van der Waals surface area contributed by atoms with E-state index < -0.39 is 20.3 Å². The largest absolute Gasteiger partial charge is 0.489 e. The Morgan fingerprint density at radius 3 is 2.10 bits per heavy atom. The van der Waals surface area contributed by atoms with Gasteiger partial charge in [0.15, 0.2) is 8.32 Å². The van der Waals surface area contributed by atoms with E-state index in [2.05, 4.69) is 52.6 Å². The van der Waals surface area contributed by atoms with Crippen LogP contribution in [0.15, 0.2) is 42.7 Å². The molecule has 0 aliphatic carbocycles. The third-order valence-electron chi connectivity index (χ3n) is 8.05. The van der Waals surface area contributed by atoms with E-state index in [-0.39, 0.29) is 29.1 Å². The molecule has 0 amide bonds. The number of nitrogens with zero attached hydrogens (tertiary/aromatic N) is 1. The lowest BCUT2D eigenvalue weighted by molar-refractivity contribution is 0.0397. The Morgan fingerprint density at radius 1 is 0.923 bits per heavy atom. The quantitative estimate of drug-likeness (QED) is 0.189. The monoisotopic (exact) mass is 555 g/mol. The van der Waals surface area contributed by atoms with Crippen LogP contribution in [0.25, 0.3) is 5.57 Å². The van der Waals surface area contributed by atoms with Crippen molar-refractivity contribution in [3.8, 4) is 5.75 Å². The number of carboxylic acids is 2. The van der Waals surface area contributed by atoms with Crippen LogP contribution < -0.4 is 4.74 Å². The maximum Gasteiger partial charge on any atom is 0.336 e. The van der Waals surface area contributed by atoms with Gasteiger partial charge in [0.1, 0.15) is 12.4 Å². The molecule has 8 heteroatoms. The average molecular weight is 556 g/mol. The Labute approximate surface area is 234 Å². The Morgan fingerprint density at radius 2 is 1.56 bits per heavy atom. The molecule has 0 unspecified atom stereocenters. The summed E-state index contributed by atoms with van der Waals surface area (Å²) in [5, 5.41) is 18.6. The molecule has 0 saturated heterocycles. The highest BCUT2D eigenvalue weighted by Gasteiger charge is 2.38. The van der Waals surface area contributed by atoms with E-state index in [1.807, 2.05) is 12.3 Å². The molecule has 7 nitrogen and oxygen atoms in total. The summed E-state index contributed by atoms with van der Waals surface area (Å²) < 4.78 is 12.8. The van der Waals surface area contributed by atoms with Crippen LogP contribution >= 0.6 is 0 Å². The summed E-state index contributed by atoms with van der Waals surface area (Å²) in [5.41, 5.74) is 2.43. The maximum absolute atomic E-state index is 11.5. The van der Waals surface area contributed by atoms with Gasteiger partial charge in [0.05, 0.1) is 16.7 Å². The van der Waals surface area contributed by atoms with Crippen molar-refractivity contribution in [1.29, 1.82) is 0 Å². The minimum absolute atomic E-state index is 0.0808. The van der Waals surface area contributed by atoms with E-state index in [4.69, 9.17) is 9.16 Å². The summed E-state index contributed by atoms with van der Waals surface area (Å²) in [6.45, 7) is 13.7. The SMILES string of the molecule is CCC(=CCCC(CC)(CC)O[Si](CC)(CC)CC)c1cncc(COc2ccc(C(=O)O)c(C(=O)O)c2)c1. The number of aromatic nitrogens is 1. The highest BCUT2D eigenvalue weighted by molar-refractivity contribution is 6.73. The molecule has 0 spiro atoms. The van der Waals surface area contributed by atoms with Gasteiger partial charge in [0.2, 0.25) is 0 Å². The normalized spacial score (nSPS) is 12.4. The van der Waals surface area contributed by atoms with Crippen LogP contribution in [0.3, 0.4) is 0 Å². The fourth-order valence-electron chi connectivity index (χ4n) is 5.09. The summed E-state index contributed by atoms with van der Waals surface area (Å²) in [6.07, 6.45) is 10.7. The molecule has 1 heterocycles. The topological polar surface area (TPSA) is 106 Å². The molecular weight excluding hydrogens is 510 g/mol. The van der Waals surface area contributed by atoms with Crippen molar-refractivity contribution in [2.75, 3.05) is 0 Å². The standard InChI is InChI=1S/C31H45NO6Si/c1-7-24(14-13-17-31(8-2,9-3)38-39(10-4,11-5)12-6)25-18-23(20-32-21-25)22-37-26-15-16-27(29(33)34)28(19-26)30(35)36/h14-16,18-21H,7-13,17,22H2,1-6H3,(H,33,34)(H,35,36). The van der Waals surface area contributed by atoms with Gasteiger partial charge in [0.25, 0.3) is 0 Å². The van der Waals surface area contributed by atoms with Crippen LogP contribution in [0.2, 0.25) is 18.1 Å². The Hall–Kier alpha value is -2.97. The molecule has 214 valence electrons. The van der Waals surface area contributed by atoms with Gasteiger partial charge in [-0.15, -0.1) is 0 Å². The molecule has 0 saturated carbocycles. The van der Waals surface area contributed by atoms with E-state index in [1.165, 1.54) is 23.8 Å². The van der Waals surface area contributed by atoms with E-state index in [9.17, 15) is 19.8 Å². The summed E-state index contributed by atoms with van der Waals surface area (Å²) in [7, 11) is -1.71. The van der Waals surface area contributed by atoms with Gasteiger partial charge >= 0.3 is 11.9 Å². The van der Waals surface area contributed by atoms with Gasteiger partial charge in [-0.2, -0.15) is 0 Å². The van der Waals surface area contributed by atoms with Gasteiger partial charge in [0, 0.05) is 18.0 Å². The molecule has 2 N–H and O–H groups in total. The lowest BCUT2D eigenvalue weighted by Gasteiger charge is -2.42. The zero-order valence-electron chi connectivity index (χ0n) is 24.4. The molecular formula is C31H45NO6Si. The first-order chi connectivity index (χ1) is 18.6. The van der Waals surface area contributed by atoms with Crippen molar-refractivity contribution in [2.24, 2.45) is 0 Å². The van der Waals surface area contributed by atoms with Crippen molar-refractivity contribution in [3.05, 3.63) is 65.0 Å². The minimum atomic E-state index is -1.71. The number of pyridine rings is 1. The molecule has 2 rings (SSSR count). The molecule has 0 aliphatic rings. The maximum atomic E-state index is 11.5. The lowest BCUT2D eigenvalue weighted by Crippen LogP contribution is -2.46. The first-order valence-electron chi connectivity index (χ1n) is 14.2. The first-order valence-corrected chi connectivity index (χ1v) is 16.7. The average Bonchev–Trinajstić information content (AvgIpc) is 2.96. The molecule has 39 heavy (non-hydrogen) atoms. The fourth-order valence-corrected chi connectivity index (χ4v) is 8.33. The van der Waals surface area contributed by atoms with Crippen molar-refractivity contribution in [3.63, 3.8) is 0 Å². The van der Waals surface area contributed by atoms with Gasteiger partial charge in [-0.1, -0.05) is 47.6 Å². The predicted octanol–water partition coefficient (Wildman–Crippen LogP) is 8.21. The summed E-state index contributed by atoms with van der Waals surface area (Å²) in [5.74, 6) is -2.32. The predicted molar refractivity (Wildman–Crippen MR) is 158 cm³/mol. The zero-order chi connectivity index (χ0) is 29.1. The van der Waals surface area contributed by atoms with Crippen LogP contribution in [-0.2, 0) is 11.0 Å². The van der Waals surface area contributed by atoms with E-state index in [0.29, 0.717) is 0 Å². The molecule has 1 aromatic heterocycles. The number of carboxylic acid groups (broad SMARTS) is 2. The lowest BCUT2D eigenvalue weighted by atomic mass is 9.91. The smallest absolute Gasteiger partial charge is 0.336 e. The van der Waals surface area contributed by atoms with Gasteiger partial charge in [-0.3, -0.25) is 4.98 Å². The molecule has 0 radical (unpaired) electrons. The van der Waals surface area contributed by atoms with Crippen molar-refractivity contribution in [2.45, 2.75) is 104 Å². The second-order valence-electron chi connectivity index (χ2n) is 10.0. The Balaban J connectivity index is 2.16. The second kappa shape index (κ2) is 15.0. The Kier molecular flexibility index (Phi) is 12.4. The summed E-state index contributed by atoms with van der Waals surface area (Å²) >= 11 is 0. The minimum Gasteiger partial charge on any atom is -0.489 e. The van der Waals surface area contributed by atoms with Gasteiger partial charge in [-0.25, -0.2) is 9.59 Å². The number of carbonyl (C=O) groups is 2. The number of benzene rings is 1. The number of hydrogen-bond donors (Lipinski definition) is 2. The van der Waals surface area contributed by atoms with Crippen molar-refractivity contribution in [1.82, 2.24) is 4.98 Å². The fraction of sp³-hybridized carbons (Fsp3) is 0.516. The second-order valence-corrected chi connectivity index (χ2v) is 14.7. The highest BCUT2D eigenvalue weighted by atomic mass is 28.4. The van der Waals surface area contributed by atoms with Crippen LogP contribution in [0, 0.1) is 0 Å². The number of rotatable bonds is 17. The van der Waals surface area contributed by atoms with Crippen molar-refractivity contribution >= 4 is 25.8 Å². The Bertz CT molecular complexity index is 1130. The number of allylic oxidation sites excluding steroid dienone is 2. The molecule has 0 aliphatic heterocycles. The van der Waals surface area contributed by atoms with E-state index in [1.54, 1.807) is 6.20 Å². The van der Waals surface area contributed by atoms with Crippen molar-refractivity contribution < 1.29 is 29.0 Å².